The van der Waals surface area contributed by atoms with E-state index in [0.29, 0.717) is 12.1 Å². The highest BCUT2D eigenvalue weighted by atomic mass is 32.2. The van der Waals surface area contributed by atoms with Crippen molar-refractivity contribution in [1.29, 1.82) is 0 Å². The Morgan fingerprint density at radius 1 is 1.00 bits per heavy atom. The van der Waals surface area contributed by atoms with Gasteiger partial charge in [-0.05, 0) is 29.8 Å². The van der Waals surface area contributed by atoms with Crippen LogP contribution in [0.2, 0.25) is 0 Å². The molecule has 0 spiro atoms. The lowest BCUT2D eigenvalue weighted by Crippen LogP contribution is -2.30. The third kappa shape index (κ3) is 5.57. The monoisotopic (exact) mass is 373 g/mol. The molecule has 2 rings (SSSR count). The van der Waals surface area contributed by atoms with Crippen molar-refractivity contribution < 1.29 is 31.1 Å². The van der Waals surface area contributed by atoms with Gasteiger partial charge in [0.2, 0.25) is 10.0 Å². The summed E-state index contributed by atoms with van der Waals surface area (Å²) < 4.78 is 68.2. The van der Waals surface area contributed by atoms with Crippen LogP contribution in [0, 0.1) is 0 Å². The summed E-state index contributed by atoms with van der Waals surface area (Å²) in [5.74, 6) is -0.806. The molecule has 0 amide bonds. The van der Waals surface area contributed by atoms with Crippen LogP contribution in [-0.2, 0) is 32.3 Å². The maximum atomic E-state index is 12.5. The summed E-state index contributed by atoms with van der Waals surface area (Å²) in [6, 6.07) is 11.7. The van der Waals surface area contributed by atoms with Gasteiger partial charge < -0.3 is 4.74 Å². The van der Waals surface area contributed by atoms with Gasteiger partial charge in [-0.1, -0.05) is 30.3 Å². The molecule has 0 saturated carbocycles. The third-order valence-electron chi connectivity index (χ3n) is 3.14. The van der Waals surface area contributed by atoms with Crippen molar-refractivity contribution in [3.63, 3.8) is 0 Å². The SMILES string of the molecule is O=C(CNS(=O)(=O)c1ccc(C(F)(F)F)cc1)OCc1ccccc1. The topological polar surface area (TPSA) is 72.5 Å². The Bertz CT molecular complexity index is 819. The maximum Gasteiger partial charge on any atom is 0.416 e. The smallest absolute Gasteiger partial charge is 0.416 e. The second kappa shape index (κ2) is 7.66. The number of esters is 1. The van der Waals surface area contributed by atoms with E-state index >= 15 is 0 Å². The number of halogens is 3. The molecule has 2 aromatic carbocycles. The fourth-order valence-corrected chi connectivity index (χ4v) is 2.82. The molecular weight excluding hydrogens is 359 g/mol. The van der Waals surface area contributed by atoms with Crippen LogP contribution in [0.1, 0.15) is 11.1 Å². The van der Waals surface area contributed by atoms with Crippen LogP contribution in [0.3, 0.4) is 0 Å². The number of rotatable bonds is 6. The molecule has 0 aromatic heterocycles. The van der Waals surface area contributed by atoms with E-state index in [1.165, 1.54) is 0 Å². The van der Waals surface area contributed by atoms with E-state index in [-0.39, 0.29) is 11.5 Å². The summed E-state index contributed by atoms with van der Waals surface area (Å²) in [7, 11) is -4.12. The molecule has 134 valence electrons. The van der Waals surface area contributed by atoms with E-state index in [1.807, 2.05) is 4.72 Å². The predicted octanol–water partition coefficient (Wildman–Crippen LogP) is 2.73. The van der Waals surface area contributed by atoms with E-state index in [1.54, 1.807) is 30.3 Å². The van der Waals surface area contributed by atoms with Crippen LogP contribution in [0.15, 0.2) is 59.5 Å². The molecule has 9 heteroatoms. The Hall–Kier alpha value is -2.39. The number of hydrogen-bond acceptors (Lipinski definition) is 4. The maximum absolute atomic E-state index is 12.5. The van der Waals surface area contributed by atoms with Gasteiger partial charge in [-0.25, -0.2) is 8.42 Å². The molecule has 0 unspecified atom stereocenters. The first-order chi connectivity index (χ1) is 11.7. The molecule has 2 aromatic rings. The van der Waals surface area contributed by atoms with Crippen LogP contribution in [0.4, 0.5) is 13.2 Å². The molecule has 0 bridgehead atoms. The lowest BCUT2D eigenvalue weighted by molar-refractivity contribution is -0.143. The average molecular weight is 373 g/mol. The van der Waals surface area contributed by atoms with Gasteiger partial charge in [0.25, 0.3) is 0 Å². The Morgan fingerprint density at radius 3 is 2.16 bits per heavy atom. The van der Waals surface area contributed by atoms with Gasteiger partial charge in [0.15, 0.2) is 0 Å². The summed E-state index contributed by atoms with van der Waals surface area (Å²) in [5.41, 5.74) is -0.227. The van der Waals surface area contributed by atoms with Gasteiger partial charge in [0.1, 0.15) is 13.2 Å². The molecule has 0 aliphatic heterocycles. The second-order valence-electron chi connectivity index (χ2n) is 4.99. The van der Waals surface area contributed by atoms with Crippen molar-refractivity contribution in [1.82, 2.24) is 4.72 Å². The Labute approximate surface area is 142 Å². The molecule has 0 fully saturated rings. The van der Waals surface area contributed by atoms with Gasteiger partial charge in [-0.2, -0.15) is 17.9 Å². The largest absolute Gasteiger partial charge is 0.460 e. The number of ether oxygens (including phenoxy) is 1. The number of benzene rings is 2. The van der Waals surface area contributed by atoms with Gasteiger partial charge in [-0.15, -0.1) is 0 Å². The minimum absolute atomic E-state index is 0.0122. The first-order valence-corrected chi connectivity index (χ1v) is 8.53. The molecular formula is C16H14F3NO4S. The van der Waals surface area contributed by atoms with E-state index in [2.05, 4.69) is 0 Å². The van der Waals surface area contributed by atoms with Crippen LogP contribution in [0.5, 0.6) is 0 Å². The molecule has 0 aliphatic carbocycles. The minimum Gasteiger partial charge on any atom is -0.460 e. The highest BCUT2D eigenvalue weighted by Crippen LogP contribution is 2.29. The summed E-state index contributed by atoms with van der Waals surface area (Å²) in [6.07, 6.45) is -4.56. The van der Waals surface area contributed by atoms with Crippen molar-refractivity contribution in [2.24, 2.45) is 0 Å². The molecule has 25 heavy (non-hydrogen) atoms. The van der Waals surface area contributed by atoms with E-state index < -0.39 is 34.3 Å². The van der Waals surface area contributed by atoms with Crippen LogP contribution >= 0.6 is 0 Å². The summed E-state index contributed by atoms with van der Waals surface area (Å²) >= 11 is 0. The minimum atomic E-state index is -4.56. The third-order valence-corrected chi connectivity index (χ3v) is 4.56. The van der Waals surface area contributed by atoms with Gasteiger partial charge in [0, 0.05) is 0 Å². The number of sulfonamides is 1. The highest BCUT2D eigenvalue weighted by molar-refractivity contribution is 7.89. The molecule has 5 nitrogen and oxygen atoms in total. The average Bonchev–Trinajstić information content (AvgIpc) is 2.58. The van der Waals surface area contributed by atoms with Crippen LogP contribution in [0.25, 0.3) is 0 Å². The lowest BCUT2D eigenvalue weighted by atomic mass is 10.2. The standard InChI is InChI=1S/C16H14F3NO4S/c17-16(18,19)13-6-8-14(9-7-13)25(22,23)20-10-15(21)24-11-12-4-2-1-3-5-12/h1-9,20H,10-11H2. The fraction of sp³-hybridized carbons (Fsp3) is 0.188. The Balaban J connectivity index is 1.91. The van der Waals surface area contributed by atoms with Crippen LogP contribution < -0.4 is 4.72 Å². The molecule has 0 radical (unpaired) electrons. The van der Waals surface area contributed by atoms with Crippen LogP contribution in [-0.4, -0.2) is 20.9 Å². The normalized spacial score (nSPS) is 12.0. The van der Waals surface area contributed by atoms with Crippen molar-refractivity contribution >= 4 is 16.0 Å². The number of hydrogen-bond donors (Lipinski definition) is 1. The van der Waals surface area contributed by atoms with Gasteiger partial charge >= 0.3 is 12.1 Å². The number of nitrogens with one attached hydrogen (secondary N) is 1. The quantitative estimate of drug-likeness (QED) is 0.791. The van der Waals surface area contributed by atoms with E-state index in [0.717, 1.165) is 17.7 Å². The van der Waals surface area contributed by atoms with Gasteiger partial charge in [-0.3, -0.25) is 4.79 Å². The summed E-state index contributed by atoms with van der Waals surface area (Å²) in [4.78, 5) is 11.2. The molecule has 0 atom stereocenters. The van der Waals surface area contributed by atoms with Crippen molar-refractivity contribution in [2.45, 2.75) is 17.7 Å². The lowest BCUT2D eigenvalue weighted by Gasteiger charge is -2.09. The van der Waals surface area contributed by atoms with Crippen molar-refractivity contribution in [2.75, 3.05) is 6.54 Å². The second-order valence-corrected chi connectivity index (χ2v) is 6.76. The van der Waals surface area contributed by atoms with Crippen molar-refractivity contribution in [3.05, 3.63) is 65.7 Å². The van der Waals surface area contributed by atoms with Crippen molar-refractivity contribution in [3.8, 4) is 0 Å². The molecule has 0 saturated heterocycles. The molecule has 0 aliphatic rings. The Kier molecular flexibility index (Phi) is 5.81. The van der Waals surface area contributed by atoms with E-state index in [4.69, 9.17) is 4.74 Å². The summed E-state index contributed by atoms with van der Waals surface area (Å²) in [6.45, 7) is -0.641. The zero-order valence-corrected chi connectivity index (χ0v) is 13.6. The van der Waals surface area contributed by atoms with E-state index in [9.17, 15) is 26.4 Å². The number of carbonyl (C=O) groups excluding carboxylic acids is 1. The zero-order chi connectivity index (χ0) is 18.5. The number of alkyl halides is 3. The predicted molar refractivity (Wildman–Crippen MR) is 82.9 cm³/mol. The Morgan fingerprint density at radius 2 is 1.60 bits per heavy atom. The molecule has 0 heterocycles. The fourth-order valence-electron chi connectivity index (χ4n) is 1.85. The summed E-state index contributed by atoms with van der Waals surface area (Å²) in [5, 5.41) is 0. The number of carbonyl (C=O) groups is 1. The zero-order valence-electron chi connectivity index (χ0n) is 12.8. The first kappa shape index (κ1) is 18.9. The van der Waals surface area contributed by atoms with Gasteiger partial charge in [0.05, 0.1) is 10.5 Å². The first-order valence-electron chi connectivity index (χ1n) is 7.05. The molecule has 1 N–H and O–H groups in total. The highest BCUT2D eigenvalue weighted by Gasteiger charge is 2.30.